The zero-order valence-electron chi connectivity index (χ0n) is 13.0. The van der Waals surface area contributed by atoms with Crippen molar-refractivity contribution < 1.29 is 18.3 Å². The number of nitrogens with one attached hydrogen (secondary N) is 1. The molecule has 0 aliphatic heterocycles. The van der Waals surface area contributed by atoms with Crippen molar-refractivity contribution in [3.8, 4) is 0 Å². The molecule has 0 aliphatic carbocycles. The Morgan fingerprint density at radius 2 is 1.96 bits per heavy atom. The van der Waals surface area contributed by atoms with Crippen molar-refractivity contribution in [3.05, 3.63) is 30.5 Å². The molecule has 1 aromatic carbocycles. The van der Waals surface area contributed by atoms with Gasteiger partial charge in [-0.05, 0) is 37.4 Å². The molecular formula is C14H17N5O4S. The molecular weight excluding hydrogens is 334 g/mol. The lowest BCUT2D eigenvalue weighted by Crippen LogP contribution is -2.49. The minimum atomic E-state index is -4.07. The molecule has 0 amide bonds. The summed E-state index contributed by atoms with van der Waals surface area (Å²) in [4.78, 5) is 18.9. The van der Waals surface area contributed by atoms with Gasteiger partial charge >= 0.3 is 5.97 Å². The second-order valence-corrected chi connectivity index (χ2v) is 7.27. The van der Waals surface area contributed by atoms with E-state index in [4.69, 9.17) is 16.6 Å². The molecule has 9 nitrogen and oxygen atoms in total. The second kappa shape index (κ2) is 6.06. The van der Waals surface area contributed by atoms with Gasteiger partial charge in [-0.3, -0.25) is 4.79 Å². The average Bonchev–Trinajstić information content (AvgIpc) is 2.45. The van der Waals surface area contributed by atoms with E-state index in [0.717, 1.165) is 0 Å². The number of hydrogen-bond acceptors (Lipinski definition) is 5. The Labute approximate surface area is 138 Å². The number of rotatable bonds is 5. The van der Waals surface area contributed by atoms with Gasteiger partial charge in [0.05, 0.1) is 4.90 Å². The summed E-state index contributed by atoms with van der Waals surface area (Å²) in [5.74, 6) is -1.34. The van der Waals surface area contributed by atoms with E-state index in [1.54, 1.807) is 12.1 Å². The number of benzene rings is 1. The second-order valence-electron chi connectivity index (χ2n) is 5.59. The van der Waals surface area contributed by atoms with E-state index in [0.29, 0.717) is 10.8 Å². The third-order valence-corrected chi connectivity index (χ3v) is 4.84. The molecule has 2 rings (SSSR count). The van der Waals surface area contributed by atoms with Gasteiger partial charge in [0.2, 0.25) is 10.0 Å². The van der Waals surface area contributed by atoms with Crippen molar-refractivity contribution in [1.29, 1.82) is 0 Å². The summed E-state index contributed by atoms with van der Waals surface area (Å²) in [5, 5.41) is 10.2. The summed E-state index contributed by atoms with van der Waals surface area (Å²) < 4.78 is 27.0. The Hall–Kier alpha value is -2.72. The third-order valence-electron chi connectivity index (χ3n) is 3.19. The first-order valence-electron chi connectivity index (χ1n) is 6.79. The number of carbonyl (C=O) groups is 1. The van der Waals surface area contributed by atoms with Gasteiger partial charge in [-0.25, -0.2) is 13.4 Å². The minimum Gasteiger partial charge on any atom is -0.480 e. The molecule has 0 atom stereocenters. The van der Waals surface area contributed by atoms with Crippen LogP contribution < -0.4 is 16.2 Å². The Kier molecular flexibility index (Phi) is 4.45. The maximum atomic E-state index is 12.4. The van der Waals surface area contributed by atoms with Crippen LogP contribution in [0.15, 0.2) is 40.4 Å². The minimum absolute atomic E-state index is 0.121. The first-order valence-corrected chi connectivity index (χ1v) is 8.27. The fourth-order valence-electron chi connectivity index (χ4n) is 1.95. The summed E-state index contributed by atoms with van der Waals surface area (Å²) in [6.45, 7) is 2.50. The van der Waals surface area contributed by atoms with Gasteiger partial charge in [0.1, 0.15) is 5.54 Å². The Morgan fingerprint density at radius 3 is 2.54 bits per heavy atom. The Morgan fingerprint density at radius 1 is 1.29 bits per heavy atom. The van der Waals surface area contributed by atoms with Gasteiger partial charge in [-0.15, -0.1) is 0 Å². The Balaban J connectivity index is 2.58. The van der Waals surface area contributed by atoms with E-state index in [-0.39, 0.29) is 16.7 Å². The number of carboxylic acids is 1. The van der Waals surface area contributed by atoms with Crippen LogP contribution in [0, 0.1) is 0 Å². The van der Waals surface area contributed by atoms with Crippen LogP contribution >= 0.6 is 0 Å². The lowest BCUT2D eigenvalue weighted by Gasteiger charge is -2.21. The molecule has 0 bridgehead atoms. The number of guanidine groups is 1. The number of hydrogen-bond donors (Lipinski definition) is 4. The smallest absolute Gasteiger partial charge is 0.324 e. The molecule has 0 fully saturated rings. The normalized spacial score (nSPS) is 12.1. The lowest BCUT2D eigenvalue weighted by molar-refractivity contribution is -0.142. The van der Waals surface area contributed by atoms with Gasteiger partial charge in [0.25, 0.3) is 0 Å². The maximum absolute atomic E-state index is 12.4. The molecule has 0 unspecified atom stereocenters. The summed E-state index contributed by atoms with van der Waals surface area (Å²) in [6.07, 6.45) is 1.49. The summed E-state index contributed by atoms with van der Waals surface area (Å²) in [7, 11) is -4.07. The van der Waals surface area contributed by atoms with Crippen LogP contribution in [-0.4, -0.2) is 36.0 Å². The molecule has 10 heteroatoms. The number of pyridine rings is 1. The summed E-state index contributed by atoms with van der Waals surface area (Å²) in [6, 6.07) is 5.93. The standard InChI is InChI=1S/C14H17N5O4S/c1-14(2,12(20)21)19-24(22,23)9-4-3-8-5-6-17-11(10(8)7-9)18-13(15)16/h3-7,19H,1-2H3,(H,20,21)(H4,15,16,17,18). The van der Waals surface area contributed by atoms with Crippen LogP contribution in [0.25, 0.3) is 10.8 Å². The van der Waals surface area contributed by atoms with Crippen LogP contribution in [0.1, 0.15) is 13.8 Å². The fraction of sp³-hybridized carbons (Fsp3) is 0.214. The highest BCUT2D eigenvalue weighted by Gasteiger charge is 2.33. The van der Waals surface area contributed by atoms with Crippen LogP contribution in [-0.2, 0) is 14.8 Å². The van der Waals surface area contributed by atoms with E-state index in [9.17, 15) is 13.2 Å². The number of nitrogens with two attached hydrogens (primary N) is 2. The molecule has 0 radical (unpaired) electrons. The van der Waals surface area contributed by atoms with Crippen molar-refractivity contribution >= 4 is 38.5 Å². The molecule has 6 N–H and O–H groups in total. The number of nitrogens with zero attached hydrogens (tertiary/aromatic N) is 2. The molecule has 0 saturated heterocycles. The SMILES string of the molecule is CC(C)(NS(=O)(=O)c1ccc2ccnc(N=C(N)N)c2c1)C(=O)O. The lowest BCUT2D eigenvalue weighted by atomic mass is 10.1. The summed E-state index contributed by atoms with van der Waals surface area (Å²) >= 11 is 0. The van der Waals surface area contributed by atoms with Gasteiger partial charge in [0.15, 0.2) is 11.8 Å². The van der Waals surface area contributed by atoms with Crippen molar-refractivity contribution in [2.24, 2.45) is 16.5 Å². The van der Waals surface area contributed by atoms with Crippen LogP contribution in [0.2, 0.25) is 0 Å². The molecule has 128 valence electrons. The Bertz CT molecular complexity index is 933. The highest BCUT2D eigenvalue weighted by Crippen LogP contribution is 2.26. The van der Waals surface area contributed by atoms with Crippen LogP contribution in [0.5, 0.6) is 0 Å². The van der Waals surface area contributed by atoms with E-state index in [1.165, 1.54) is 32.2 Å². The van der Waals surface area contributed by atoms with Crippen molar-refractivity contribution in [2.45, 2.75) is 24.3 Å². The molecule has 24 heavy (non-hydrogen) atoms. The molecule has 0 spiro atoms. The molecule has 1 heterocycles. The highest BCUT2D eigenvalue weighted by molar-refractivity contribution is 7.89. The first-order chi connectivity index (χ1) is 11.0. The molecule has 1 aromatic heterocycles. The number of carboxylic acid groups (broad SMARTS) is 1. The molecule has 2 aromatic rings. The van der Waals surface area contributed by atoms with Gasteiger partial charge in [-0.1, -0.05) is 6.07 Å². The fourth-order valence-corrected chi connectivity index (χ4v) is 3.35. The van der Waals surface area contributed by atoms with Crippen LogP contribution in [0.4, 0.5) is 5.82 Å². The van der Waals surface area contributed by atoms with E-state index in [2.05, 4.69) is 14.7 Å². The number of aliphatic carboxylic acids is 1. The van der Waals surface area contributed by atoms with Crippen molar-refractivity contribution in [3.63, 3.8) is 0 Å². The van der Waals surface area contributed by atoms with E-state index >= 15 is 0 Å². The van der Waals surface area contributed by atoms with Gasteiger partial charge in [0, 0.05) is 11.6 Å². The van der Waals surface area contributed by atoms with E-state index in [1.807, 2.05) is 0 Å². The average molecular weight is 351 g/mol. The van der Waals surface area contributed by atoms with E-state index < -0.39 is 21.5 Å². The largest absolute Gasteiger partial charge is 0.480 e. The molecule has 0 saturated carbocycles. The topological polar surface area (TPSA) is 161 Å². The number of sulfonamides is 1. The highest BCUT2D eigenvalue weighted by atomic mass is 32.2. The van der Waals surface area contributed by atoms with Crippen molar-refractivity contribution in [2.75, 3.05) is 0 Å². The zero-order chi connectivity index (χ0) is 18.1. The van der Waals surface area contributed by atoms with Gasteiger partial charge < -0.3 is 16.6 Å². The predicted octanol–water partition coefficient (Wildman–Crippen LogP) is 0.281. The number of aromatic nitrogens is 1. The van der Waals surface area contributed by atoms with Crippen LogP contribution in [0.3, 0.4) is 0 Å². The molecule has 0 aliphatic rings. The predicted molar refractivity (Wildman–Crippen MR) is 89.2 cm³/mol. The summed E-state index contributed by atoms with van der Waals surface area (Å²) in [5.41, 5.74) is 9.03. The maximum Gasteiger partial charge on any atom is 0.324 e. The first kappa shape index (κ1) is 17.6. The monoisotopic (exact) mass is 351 g/mol. The van der Waals surface area contributed by atoms with Crippen molar-refractivity contribution in [1.82, 2.24) is 9.71 Å². The number of aliphatic imine (C=N–C) groups is 1. The third kappa shape index (κ3) is 3.60. The number of fused-ring (bicyclic) bond motifs is 1. The quantitative estimate of drug-likeness (QED) is 0.444. The van der Waals surface area contributed by atoms with Gasteiger partial charge in [-0.2, -0.15) is 9.71 Å². The zero-order valence-corrected chi connectivity index (χ0v) is 13.8.